The van der Waals surface area contributed by atoms with Gasteiger partial charge in [0.15, 0.2) is 0 Å². The van der Waals surface area contributed by atoms with Crippen LogP contribution >= 0.6 is 0 Å². The highest BCUT2D eigenvalue weighted by Gasteiger charge is 2.20. The summed E-state index contributed by atoms with van der Waals surface area (Å²) in [4.78, 5) is 20.9. The summed E-state index contributed by atoms with van der Waals surface area (Å²) in [6.45, 7) is 0. The number of carbonyl (C=O) groups is 1. The van der Waals surface area contributed by atoms with Crippen LogP contribution in [-0.2, 0) is 4.79 Å². The van der Waals surface area contributed by atoms with Gasteiger partial charge in [-0.1, -0.05) is 5.16 Å². The largest absolute Gasteiger partial charge is 0.476 e. The second kappa shape index (κ2) is 2.86. The molecular weight excluding hydrogens is 170 g/mol. The number of nitrogens with zero attached hydrogens (tertiary/aromatic N) is 2. The molecule has 1 aromatic rings. The van der Waals surface area contributed by atoms with Gasteiger partial charge in [-0.2, -0.15) is 5.16 Å². The van der Waals surface area contributed by atoms with E-state index >= 15 is 0 Å². The van der Waals surface area contributed by atoms with Crippen molar-refractivity contribution < 1.29 is 19.7 Å². The zero-order valence-corrected chi connectivity index (χ0v) is 5.51. The molecule has 0 aromatic carbocycles. The first-order valence-electron chi connectivity index (χ1n) is 2.67. The van der Waals surface area contributed by atoms with Gasteiger partial charge < -0.3 is 10.3 Å². The van der Waals surface area contributed by atoms with Gasteiger partial charge in [0.05, 0.1) is 0 Å². The van der Waals surface area contributed by atoms with Crippen LogP contribution in [0.5, 0.6) is 0 Å². The lowest BCUT2D eigenvalue weighted by molar-refractivity contribution is -0.129. The van der Waals surface area contributed by atoms with E-state index in [1.165, 1.54) is 0 Å². The maximum absolute atomic E-state index is 10.7. The second-order valence-corrected chi connectivity index (χ2v) is 1.72. The molecular formula is C4H3N3O5. The molecule has 0 unspecified atom stereocenters. The molecule has 8 heteroatoms. The molecule has 0 atom stereocenters. The first-order chi connectivity index (χ1) is 5.66. The summed E-state index contributed by atoms with van der Waals surface area (Å²) in [6.07, 6.45) is 0. The molecule has 0 bridgehead atoms. The molecule has 8 nitrogen and oxygen atoms in total. The Bertz CT molecular complexity index is 374. The predicted molar refractivity (Wildman–Crippen MR) is 33.1 cm³/mol. The quantitative estimate of drug-likeness (QED) is 0.287. The van der Waals surface area contributed by atoms with E-state index in [2.05, 4.69) is 14.9 Å². The average molecular weight is 173 g/mol. The lowest BCUT2D eigenvalue weighted by Gasteiger charge is -1.87. The van der Waals surface area contributed by atoms with Crippen molar-refractivity contribution in [2.24, 2.45) is 5.16 Å². The maximum atomic E-state index is 10.7. The Labute approximate surface area is 64.1 Å². The summed E-state index contributed by atoms with van der Waals surface area (Å²) < 4.78 is 4.04. The van der Waals surface area contributed by atoms with Gasteiger partial charge in [0.2, 0.25) is 11.4 Å². The number of H-pyrrole nitrogens is 1. The molecule has 0 aliphatic heterocycles. The van der Waals surface area contributed by atoms with Crippen LogP contribution in [-0.4, -0.2) is 32.3 Å². The molecule has 0 aliphatic carbocycles. The van der Waals surface area contributed by atoms with Gasteiger partial charge >= 0.3 is 11.5 Å². The minimum Gasteiger partial charge on any atom is -0.476 e. The molecule has 1 rings (SSSR count). The van der Waals surface area contributed by atoms with Gasteiger partial charge in [-0.25, -0.2) is 4.79 Å². The molecule has 0 radical (unpaired) electrons. The van der Waals surface area contributed by atoms with Crippen LogP contribution in [0.2, 0.25) is 0 Å². The van der Waals surface area contributed by atoms with Crippen molar-refractivity contribution in [2.45, 2.75) is 0 Å². The lowest BCUT2D eigenvalue weighted by atomic mass is 10.3. The fraction of sp³-hybridized carbons (Fsp3) is 0. The second-order valence-electron chi connectivity index (χ2n) is 1.72. The number of aromatic amines is 1. The van der Waals surface area contributed by atoms with Gasteiger partial charge in [0.25, 0.3) is 0 Å². The first kappa shape index (κ1) is 7.98. The van der Waals surface area contributed by atoms with Crippen molar-refractivity contribution in [3.05, 3.63) is 16.0 Å². The van der Waals surface area contributed by atoms with Crippen molar-refractivity contribution in [1.29, 1.82) is 0 Å². The molecule has 0 saturated heterocycles. The number of carboxylic acid groups (broad SMARTS) is 1. The maximum Gasteiger partial charge on any atom is 0.360 e. The number of carboxylic acids is 1. The molecule has 0 spiro atoms. The third-order valence-electron chi connectivity index (χ3n) is 1.02. The van der Waals surface area contributed by atoms with Crippen LogP contribution in [0, 0.1) is 0 Å². The topological polar surface area (TPSA) is 129 Å². The summed E-state index contributed by atoms with van der Waals surface area (Å²) in [7, 11) is 0. The molecule has 1 heterocycles. The Morgan fingerprint density at radius 1 is 1.67 bits per heavy atom. The monoisotopic (exact) mass is 173 g/mol. The van der Waals surface area contributed by atoms with Crippen LogP contribution in [0.4, 0.5) is 0 Å². The smallest absolute Gasteiger partial charge is 0.360 e. The zero-order chi connectivity index (χ0) is 9.14. The highest BCUT2D eigenvalue weighted by molar-refractivity contribution is 6.41. The van der Waals surface area contributed by atoms with Crippen molar-refractivity contribution in [2.75, 3.05) is 0 Å². The van der Waals surface area contributed by atoms with Crippen LogP contribution in [0.3, 0.4) is 0 Å². The predicted octanol–water partition coefficient (Wildman–Crippen LogP) is -1.37. The number of oxime groups is 1. The summed E-state index contributed by atoms with van der Waals surface area (Å²) >= 11 is 0. The molecule has 1 aromatic heterocycles. The van der Waals surface area contributed by atoms with E-state index in [-0.39, 0.29) is 0 Å². The number of hydrogen-bond donors (Lipinski definition) is 3. The highest BCUT2D eigenvalue weighted by Crippen LogP contribution is 1.88. The SMILES string of the molecule is O=C(O)/C(=N/O)c1no[nH]c1=O. The lowest BCUT2D eigenvalue weighted by Crippen LogP contribution is -2.22. The van der Waals surface area contributed by atoms with E-state index in [1.807, 2.05) is 0 Å². The summed E-state index contributed by atoms with van der Waals surface area (Å²) in [6, 6.07) is 0. The Balaban J connectivity index is 3.22. The standard InChI is InChI=1S/C4H3N3O5/c8-3-1(6-12-7-3)2(5-11)4(9)10/h11H,(H,7,8)(H,9,10)/b5-2+. The first-order valence-corrected chi connectivity index (χ1v) is 2.67. The fourth-order valence-corrected chi connectivity index (χ4v) is 0.542. The number of aromatic nitrogens is 2. The van der Waals surface area contributed by atoms with Crippen molar-refractivity contribution in [3.8, 4) is 0 Å². The van der Waals surface area contributed by atoms with Crippen LogP contribution in [0.1, 0.15) is 5.69 Å². The number of rotatable bonds is 2. The van der Waals surface area contributed by atoms with Crippen LogP contribution in [0.15, 0.2) is 14.6 Å². The van der Waals surface area contributed by atoms with Gasteiger partial charge in [-0.05, 0) is 5.16 Å². The summed E-state index contributed by atoms with van der Waals surface area (Å²) in [5.74, 6) is -1.57. The Kier molecular flexibility index (Phi) is 1.90. The van der Waals surface area contributed by atoms with E-state index in [4.69, 9.17) is 10.3 Å². The molecule has 0 aliphatic rings. The normalized spacial score (nSPS) is 11.5. The zero-order valence-electron chi connectivity index (χ0n) is 5.51. The van der Waals surface area contributed by atoms with E-state index < -0.39 is 22.9 Å². The van der Waals surface area contributed by atoms with Gasteiger partial charge in [0, 0.05) is 0 Å². The minimum absolute atomic E-state index is 0.579. The third-order valence-corrected chi connectivity index (χ3v) is 1.02. The number of nitrogens with one attached hydrogen (secondary N) is 1. The van der Waals surface area contributed by atoms with E-state index in [0.29, 0.717) is 0 Å². The van der Waals surface area contributed by atoms with Gasteiger partial charge in [0.1, 0.15) is 0 Å². The molecule has 12 heavy (non-hydrogen) atoms. The summed E-state index contributed by atoms with van der Waals surface area (Å²) in [5.41, 5.74) is -2.32. The molecule has 0 saturated carbocycles. The molecule has 0 fully saturated rings. The molecule has 3 N–H and O–H groups in total. The van der Waals surface area contributed by atoms with Crippen molar-refractivity contribution in [3.63, 3.8) is 0 Å². The Morgan fingerprint density at radius 2 is 2.33 bits per heavy atom. The molecule has 0 amide bonds. The van der Waals surface area contributed by atoms with E-state index in [0.717, 1.165) is 0 Å². The van der Waals surface area contributed by atoms with Crippen LogP contribution in [0.25, 0.3) is 0 Å². The van der Waals surface area contributed by atoms with Gasteiger partial charge in [-0.3, -0.25) is 9.42 Å². The van der Waals surface area contributed by atoms with Crippen molar-refractivity contribution >= 4 is 11.7 Å². The highest BCUT2D eigenvalue weighted by atomic mass is 16.6. The van der Waals surface area contributed by atoms with E-state index in [9.17, 15) is 9.59 Å². The number of aliphatic carboxylic acids is 1. The van der Waals surface area contributed by atoms with Crippen LogP contribution < -0.4 is 5.56 Å². The van der Waals surface area contributed by atoms with Crippen molar-refractivity contribution in [1.82, 2.24) is 10.3 Å². The molecule has 64 valence electrons. The summed E-state index contributed by atoms with van der Waals surface area (Å²) in [5, 5.41) is 23.6. The van der Waals surface area contributed by atoms with E-state index in [1.54, 1.807) is 5.16 Å². The number of hydrogen-bond acceptors (Lipinski definition) is 6. The average Bonchev–Trinajstić information content (AvgIpc) is 2.38. The Morgan fingerprint density at radius 3 is 2.67 bits per heavy atom. The van der Waals surface area contributed by atoms with Gasteiger partial charge in [-0.15, -0.1) is 0 Å². The third kappa shape index (κ3) is 1.17. The minimum atomic E-state index is -1.57. The Hall–Kier alpha value is -2.12. The fourth-order valence-electron chi connectivity index (χ4n) is 0.542.